The smallest absolute Gasteiger partial charge is 0.326 e. The maximum Gasteiger partial charge on any atom is 0.326 e. The summed E-state index contributed by atoms with van der Waals surface area (Å²) in [6.45, 7) is 8.43. The van der Waals surface area contributed by atoms with Gasteiger partial charge < -0.3 is 20.3 Å². The Balaban J connectivity index is 1.47. The number of carbonyl (C=O) groups excluding carboxylic acids is 3. The lowest BCUT2D eigenvalue weighted by molar-refractivity contribution is -0.136. The van der Waals surface area contributed by atoms with Gasteiger partial charge in [0.25, 0.3) is 5.91 Å². The molecule has 0 unspecified atom stereocenters. The fourth-order valence-electron chi connectivity index (χ4n) is 4.36. The van der Waals surface area contributed by atoms with Crippen molar-refractivity contribution >= 4 is 29.2 Å². The van der Waals surface area contributed by atoms with Gasteiger partial charge in [-0.05, 0) is 50.1 Å². The molecule has 0 spiro atoms. The molecule has 8 heteroatoms. The highest BCUT2D eigenvalue weighted by atomic mass is 16.5. The molecule has 0 radical (unpaired) electrons. The number of aryl methyl sites for hydroxylation is 1. The van der Waals surface area contributed by atoms with Crippen molar-refractivity contribution in [3.05, 3.63) is 59.7 Å². The molecular formula is C25H30N4O4. The van der Waals surface area contributed by atoms with E-state index in [4.69, 9.17) is 4.74 Å². The van der Waals surface area contributed by atoms with E-state index < -0.39 is 29.4 Å². The minimum atomic E-state index is -1.17. The number of amides is 4. The molecule has 8 nitrogen and oxygen atoms in total. The highest BCUT2D eigenvalue weighted by Gasteiger charge is 2.53. The van der Waals surface area contributed by atoms with Gasteiger partial charge in [-0.25, -0.2) is 9.69 Å². The van der Waals surface area contributed by atoms with Crippen molar-refractivity contribution in [3.8, 4) is 0 Å². The number of urea groups is 1. The third-order valence-corrected chi connectivity index (χ3v) is 6.48. The second-order valence-corrected chi connectivity index (χ2v) is 8.54. The number of hydrogen-bond acceptors (Lipinski definition) is 5. The molecule has 2 fully saturated rings. The highest BCUT2D eigenvalue weighted by Crippen LogP contribution is 2.33. The Bertz CT molecular complexity index is 1030. The molecule has 174 valence electrons. The number of anilines is 2. The summed E-state index contributed by atoms with van der Waals surface area (Å²) in [4.78, 5) is 42.4. The van der Waals surface area contributed by atoms with Gasteiger partial charge in [-0.2, -0.15) is 0 Å². The molecule has 2 aliphatic rings. The second kappa shape index (κ2) is 9.23. The van der Waals surface area contributed by atoms with Crippen LogP contribution in [0.25, 0.3) is 0 Å². The van der Waals surface area contributed by atoms with Gasteiger partial charge in [-0.1, -0.05) is 36.8 Å². The number of ether oxygens (including phenoxy) is 1. The van der Waals surface area contributed by atoms with Crippen LogP contribution >= 0.6 is 0 Å². The average Bonchev–Trinajstić information content (AvgIpc) is 3.10. The number of hydrogen-bond donors (Lipinski definition) is 2. The Morgan fingerprint density at radius 1 is 1.09 bits per heavy atom. The number of carbonyl (C=O) groups is 3. The van der Waals surface area contributed by atoms with E-state index in [0.717, 1.165) is 29.2 Å². The molecule has 0 saturated carbocycles. The third kappa shape index (κ3) is 4.30. The summed E-state index contributed by atoms with van der Waals surface area (Å²) in [5, 5.41) is 5.66. The van der Waals surface area contributed by atoms with Gasteiger partial charge in [0, 0.05) is 24.5 Å². The lowest BCUT2D eigenvalue weighted by Gasteiger charge is -2.29. The van der Waals surface area contributed by atoms with Crippen LogP contribution in [0.4, 0.5) is 16.2 Å². The number of morpholine rings is 1. The Kier molecular flexibility index (Phi) is 6.37. The standard InChI is InChI=1S/C25H30N4O4/c1-4-25(19-7-5-17(2)6-8-19)23(31)29(24(32)27-25)18(3)22(30)26-20-9-11-21(12-10-20)28-13-15-33-16-14-28/h5-12,18H,4,13-16H2,1-3H3,(H,26,30)(H,27,32)/t18-,25+/m1/s1. The Labute approximate surface area is 193 Å². The summed E-state index contributed by atoms with van der Waals surface area (Å²) in [6, 6.07) is 13.5. The first-order chi connectivity index (χ1) is 15.9. The molecule has 2 N–H and O–H groups in total. The van der Waals surface area contributed by atoms with Gasteiger partial charge in [-0.3, -0.25) is 9.59 Å². The average molecular weight is 451 g/mol. The van der Waals surface area contributed by atoms with E-state index in [1.807, 2.05) is 62.4 Å². The van der Waals surface area contributed by atoms with E-state index in [-0.39, 0.29) is 0 Å². The van der Waals surface area contributed by atoms with E-state index in [1.54, 1.807) is 6.92 Å². The zero-order valence-corrected chi connectivity index (χ0v) is 19.3. The predicted octanol–water partition coefficient (Wildman–Crippen LogP) is 3.02. The maximum atomic E-state index is 13.4. The summed E-state index contributed by atoms with van der Waals surface area (Å²) < 4.78 is 5.38. The topological polar surface area (TPSA) is 91.0 Å². The highest BCUT2D eigenvalue weighted by molar-refractivity contribution is 6.11. The second-order valence-electron chi connectivity index (χ2n) is 8.54. The zero-order valence-electron chi connectivity index (χ0n) is 19.3. The van der Waals surface area contributed by atoms with E-state index in [9.17, 15) is 14.4 Å². The van der Waals surface area contributed by atoms with Crippen LogP contribution in [0.3, 0.4) is 0 Å². The van der Waals surface area contributed by atoms with Gasteiger partial charge in [0.2, 0.25) is 5.91 Å². The van der Waals surface area contributed by atoms with Crippen LogP contribution in [0, 0.1) is 6.92 Å². The summed E-state index contributed by atoms with van der Waals surface area (Å²) >= 11 is 0. The van der Waals surface area contributed by atoms with E-state index in [2.05, 4.69) is 15.5 Å². The van der Waals surface area contributed by atoms with Crippen molar-refractivity contribution in [2.45, 2.75) is 38.8 Å². The molecule has 2 atom stereocenters. The van der Waals surface area contributed by atoms with Gasteiger partial charge in [0.15, 0.2) is 0 Å². The minimum absolute atomic E-state index is 0.383. The van der Waals surface area contributed by atoms with E-state index in [0.29, 0.717) is 30.9 Å². The van der Waals surface area contributed by atoms with Crippen LogP contribution in [0.1, 0.15) is 31.4 Å². The van der Waals surface area contributed by atoms with Crippen molar-refractivity contribution in [2.24, 2.45) is 0 Å². The number of benzene rings is 2. The van der Waals surface area contributed by atoms with Gasteiger partial charge >= 0.3 is 6.03 Å². The van der Waals surface area contributed by atoms with E-state index in [1.165, 1.54) is 0 Å². The molecule has 2 heterocycles. The first kappa shape index (κ1) is 22.8. The van der Waals surface area contributed by atoms with Crippen LogP contribution in [0.5, 0.6) is 0 Å². The molecule has 0 aromatic heterocycles. The number of nitrogens with one attached hydrogen (secondary N) is 2. The molecule has 2 saturated heterocycles. The monoisotopic (exact) mass is 450 g/mol. The Hall–Kier alpha value is -3.39. The van der Waals surface area contributed by atoms with Crippen LogP contribution in [-0.4, -0.2) is 55.1 Å². The molecule has 2 aromatic rings. The predicted molar refractivity (Wildman–Crippen MR) is 126 cm³/mol. The molecule has 33 heavy (non-hydrogen) atoms. The number of rotatable bonds is 6. The molecular weight excluding hydrogens is 420 g/mol. The van der Waals surface area contributed by atoms with Crippen LogP contribution < -0.4 is 15.5 Å². The van der Waals surface area contributed by atoms with Crippen molar-refractivity contribution in [2.75, 3.05) is 36.5 Å². The summed E-state index contributed by atoms with van der Waals surface area (Å²) in [5.41, 5.74) is 2.27. The lowest BCUT2D eigenvalue weighted by Crippen LogP contribution is -2.47. The molecule has 2 aromatic carbocycles. The summed E-state index contributed by atoms with van der Waals surface area (Å²) in [7, 11) is 0. The van der Waals surface area contributed by atoms with Crippen LogP contribution in [0.2, 0.25) is 0 Å². The van der Waals surface area contributed by atoms with Gasteiger partial charge in [0.05, 0.1) is 13.2 Å². The molecule has 4 rings (SSSR count). The van der Waals surface area contributed by atoms with E-state index >= 15 is 0 Å². The van der Waals surface area contributed by atoms with Gasteiger partial charge in [-0.15, -0.1) is 0 Å². The summed E-state index contributed by atoms with van der Waals surface area (Å²) in [5.74, 6) is -0.836. The van der Waals surface area contributed by atoms with Crippen LogP contribution in [0.15, 0.2) is 48.5 Å². The first-order valence-corrected chi connectivity index (χ1v) is 11.3. The van der Waals surface area contributed by atoms with Crippen LogP contribution in [-0.2, 0) is 19.9 Å². The molecule has 2 aliphatic heterocycles. The summed E-state index contributed by atoms with van der Waals surface area (Å²) in [6.07, 6.45) is 0.383. The molecule has 4 amide bonds. The number of imide groups is 1. The number of nitrogens with zero attached hydrogens (tertiary/aromatic N) is 2. The minimum Gasteiger partial charge on any atom is -0.378 e. The van der Waals surface area contributed by atoms with Crippen molar-refractivity contribution in [3.63, 3.8) is 0 Å². The first-order valence-electron chi connectivity index (χ1n) is 11.3. The Morgan fingerprint density at radius 2 is 1.73 bits per heavy atom. The van der Waals surface area contributed by atoms with Crippen molar-refractivity contribution in [1.82, 2.24) is 10.2 Å². The van der Waals surface area contributed by atoms with Crippen molar-refractivity contribution < 1.29 is 19.1 Å². The molecule has 0 aliphatic carbocycles. The quantitative estimate of drug-likeness (QED) is 0.661. The largest absolute Gasteiger partial charge is 0.378 e. The van der Waals surface area contributed by atoms with Crippen molar-refractivity contribution in [1.29, 1.82) is 0 Å². The zero-order chi connectivity index (χ0) is 23.6. The third-order valence-electron chi connectivity index (χ3n) is 6.48. The maximum absolute atomic E-state index is 13.4. The lowest BCUT2D eigenvalue weighted by atomic mass is 9.86. The Morgan fingerprint density at radius 3 is 2.33 bits per heavy atom. The van der Waals surface area contributed by atoms with Gasteiger partial charge in [0.1, 0.15) is 11.6 Å². The normalized spacial score (nSPS) is 21.7. The fraction of sp³-hybridized carbons (Fsp3) is 0.400. The molecule has 0 bridgehead atoms. The SMILES string of the molecule is CC[C@@]1(c2ccc(C)cc2)NC(=O)N([C@H](C)C(=O)Nc2ccc(N3CCOCC3)cc2)C1=O. The fourth-order valence-corrected chi connectivity index (χ4v) is 4.36.